The van der Waals surface area contributed by atoms with E-state index in [4.69, 9.17) is 6.42 Å². The fraction of sp³-hybridized carbons (Fsp3) is 0.379. The maximum atomic E-state index is 13.9. The third-order valence-electron chi connectivity index (χ3n) is 7.94. The smallest absolute Gasteiger partial charge is 0.140 e. The Bertz CT molecular complexity index is 1180. The van der Waals surface area contributed by atoms with Crippen molar-refractivity contribution in [3.05, 3.63) is 77.2 Å². The van der Waals surface area contributed by atoms with Crippen LogP contribution < -0.4 is 0 Å². The fourth-order valence-corrected chi connectivity index (χ4v) is 6.17. The highest BCUT2D eigenvalue weighted by Crippen LogP contribution is 2.54. The number of fused-ring (bicyclic) bond motifs is 2. The molecule has 2 aliphatic rings. The second-order valence-electron chi connectivity index (χ2n) is 9.75. The van der Waals surface area contributed by atoms with Gasteiger partial charge in [0.05, 0.1) is 5.52 Å². The van der Waals surface area contributed by atoms with Crippen LogP contribution in [0.4, 0.5) is 4.39 Å². The molecule has 0 aliphatic heterocycles. The first-order valence-corrected chi connectivity index (χ1v) is 11.6. The van der Waals surface area contributed by atoms with Gasteiger partial charge in [0.15, 0.2) is 0 Å². The number of carbonyl (C=O) groups is 1. The minimum Gasteiger partial charge on any atom is -0.299 e. The van der Waals surface area contributed by atoms with Crippen molar-refractivity contribution in [2.45, 2.75) is 44.9 Å². The van der Waals surface area contributed by atoms with Gasteiger partial charge in [-0.05, 0) is 96.9 Å². The van der Waals surface area contributed by atoms with E-state index in [9.17, 15) is 9.18 Å². The summed E-state index contributed by atoms with van der Waals surface area (Å²) in [7, 11) is 0. The summed E-state index contributed by atoms with van der Waals surface area (Å²) in [6.45, 7) is 2.11. The number of pyridine rings is 1. The number of hydrogen-bond acceptors (Lipinski definition) is 2. The molecule has 0 amide bonds. The molecule has 3 aromatic rings. The van der Waals surface area contributed by atoms with E-state index in [1.165, 1.54) is 11.6 Å². The summed E-state index contributed by atoms with van der Waals surface area (Å²) in [5.41, 5.74) is 3.99. The molecule has 3 heteroatoms. The lowest BCUT2D eigenvalue weighted by Gasteiger charge is -2.21. The molecule has 5 rings (SSSR count). The highest BCUT2D eigenvalue weighted by Gasteiger charge is 2.44. The summed E-state index contributed by atoms with van der Waals surface area (Å²) in [6.07, 6.45) is 12.3. The molecule has 1 aromatic heterocycles. The molecule has 0 bridgehead atoms. The lowest BCUT2D eigenvalue weighted by atomic mass is 9.83. The largest absolute Gasteiger partial charge is 0.299 e. The van der Waals surface area contributed by atoms with Gasteiger partial charge in [-0.15, -0.1) is 6.42 Å². The lowest BCUT2D eigenvalue weighted by Crippen LogP contribution is -2.21. The number of benzene rings is 2. The summed E-state index contributed by atoms with van der Waals surface area (Å²) < 4.78 is 13.9. The van der Waals surface area contributed by atoms with E-state index in [0.29, 0.717) is 35.9 Å². The average Bonchev–Trinajstić information content (AvgIpc) is 3.38. The Hall–Kier alpha value is -2.99. The Morgan fingerprint density at radius 1 is 1.09 bits per heavy atom. The second kappa shape index (κ2) is 8.51. The normalized spacial score (nSPS) is 25.4. The molecular formula is C29H28FNO. The molecule has 2 saturated carbocycles. The third kappa shape index (κ3) is 3.95. The van der Waals surface area contributed by atoms with Gasteiger partial charge in [0.25, 0.3) is 0 Å². The Labute approximate surface area is 189 Å². The molecule has 3 unspecified atom stereocenters. The number of hydrogen-bond donors (Lipinski definition) is 0. The summed E-state index contributed by atoms with van der Waals surface area (Å²) in [6, 6.07) is 14.7. The van der Waals surface area contributed by atoms with Gasteiger partial charge in [-0.3, -0.25) is 9.78 Å². The second-order valence-corrected chi connectivity index (χ2v) is 9.75. The van der Waals surface area contributed by atoms with Gasteiger partial charge in [0.2, 0.25) is 0 Å². The van der Waals surface area contributed by atoms with Crippen molar-refractivity contribution in [3.8, 4) is 12.3 Å². The number of carbonyl (C=O) groups excluding carboxylic acids is 1. The third-order valence-corrected chi connectivity index (χ3v) is 7.94. The van der Waals surface area contributed by atoms with Crippen molar-refractivity contribution in [2.75, 3.05) is 0 Å². The topological polar surface area (TPSA) is 30.0 Å². The van der Waals surface area contributed by atoms with Crippen LogP contribution in [0.5, 0.6) is 0 Å². The van der Waals surface area contributed by atoms with Crippen molar-refractivity contribution in [2.24, 2.45) is 23.7 Å². The van der Waals surface area contributed by atoms with Gasteiger partial charge < -0.3 is 0 Å². The van der Waals surface area contributed by atoms with Crippen LogP contribution in [0.25, 0.3) is 10.9 Å². The minimum absolute atomic E-state index is 0.0854. The molecule has 0 saturated heterocycles. The molecule has 2 aliphatic carbocycles. The quantitative estimate of drug-likeness (QED) is 0.448. The van der Waals surface area contributed by atoms with Crippen molar-refractivity contribution in [1.82, 2.24) is 4.98 Å². The van der Waals surface area contributed by atoms with Gasteiger partial charge in [0.1, 0.15) is 11.6 Å². The Morgan fingerprint density at radius 2 is 1.81 bits per heavy atom. The van der Waals surface area contributed by atoms with E-state index in [2.05, 4.69) is 23.9 Å². The van der Waals surface area contributed by atoms with Crippen LogP contribution in [-0.4, -0.2) is 10.8 Å². The molecule has 2 fully saturated rings. The Morgan fingerprint density at radius 3 is 2.50 bits per heavy atom. The van der Waals surface area contributed by atoms with E-state index in [-0.39, 0.29) is 11.7 Å². The van der Waals surface area contributed by atoms with E-state index in [1.807, 2.05) is 30.5 Å². The molecular weight excluding hydrogens is 397 g/mol. The number of rotatable bonds is 5. The first-order valence-electron chi connectivity index (χ1n) is 11.6. The van der Waals surface area contributed by atoms with E-state index >= 15 is 0 Å². The minimum atomic E-state index is -0.203. The first kappa shape index (κ1) is 20.9. The van der Waals surface area contributed by atoms with Crippen LogP contribution >= 0.6 is 0 Å². The molecule has 0 spiro atoms. The van der Waals surface area contributed by atoms with Crippen molar-refractivity contribution >= 4 is 16.7 Å². The van der Waals surface area contributed by atoms with Gasteiger partial charge in [-0.25, -0.2) is 4.39 Å². The molecule has 1 heterocycles. The van der Waals surface area contributed by atoms with Crippen LogP contribution in [0.1, 0.15) is 55.2 Å². The molecule has 0 radical (unpaired) electrons. The van der Waals surface area contributed by atoms with Gasteiger partial charge in [-0.2, -0.15) is 0 Å². The maximum absolute atomic E-state index is 13.9. The number of terminal acetylenes is 1. The summed E-state index contributed by atoms with van der Waals surface area (Å²) in [4.78, 5) is 17.4. The Kier molecular flexibility index (Phi) is 5.55. The molecule has 32 heavy (non-hydrogen) atoms. The van der Waals surface area contributed by atoms with Crippen LogP contribution in [0, 0.1) is 41.8 Å². The van der Waals surface area contributed by atoms with E-state index in [1.54, 1.807) is 12.1 Å². The van der Waals surface area contributed by atoms with E-state index < -0.39 is 0 Å². The molecule has 2 nitrogen and oxygen atoms in total. The van der Waals surface area contributed by atoms with Gasteiger partial charge in [-0.1, -0.05) is 25.0 Å². The Balaban J connectivity index is 1.23. The number of ketones is 1. The van der Waals surface area contributed by atoms with E-state index in [0.717, 1.165) is 47.7 Å². The summed E-state index contributed by atoms with van der Waals surface area (Å²) >= 11 is 0. The predicted molar refractivity (Wildman–Crippen MR) is 126 cm³/mol. The standard InChI is InChI=1S/C29H28FNO/c1-3-19-4-6-20(7-5-19)12-29(32)18(2)21-13-22-15-24(16-23(22)14-21)26-10-11-31-28-9-8-25(30)17-27(26)28/h1,4-11,17-18,21-24H,12-16H2,2H3/t18?,21?,22-,23+,24?. The zero-order valence-electron chi connectivity index (χ0n) is 18.4. The highest BCUT2D eigenvalue weighted by atomic mass is 19.1. The van der Waals surface area contributed by atoms with Gasteiger partial charge in [0, 0.05) is 29.5 Å². The van der Waals surface area contributed by atoms with Gasteiger partial charge >= 0.3 is 0 Å². The van der Waals surface area contributed by atoms with Crippen LogP contribution in [0.2, 0.25) is 0 Å². The summed E-state index contributed by atoms with van der Waals surface area (Å²) in [5, 5.41) is 0.952. The van der Waals surface area contributed by atoms with Crippen molar-refractivity contribution < 1.29 is 9.18 Å². The zero-order chi connectivity index (χ0) is 22.2. The molecule has 0 N–H and O–H groups in total. The first-order chi connectivity index (χ1) is 15.5. The number of Topliss-reactive ketones (excluding diaryl/α,β-unsaturated/α-hetero) is 1. The van der Waals surface area contributed by atoms with Crippen LogP contribution in [0.3, 0.4) is 0 Å². The number of aromatic nitrogens is 1. The average molecular weight is 426 g/mol. The van der Waals surface area contributed by atoms with Crippen LogP contribution in [0.15, 0.2) is 54.7 Å². The lowest BCUT2D eigenvalue weighted by molar-refractivity contribution is -0.123. The number of halogens is 1. The monoisotopic (exact) mass is 425 g/mol. The van der Waals surface area contributed by atoms with Crippen LogP contribution in [-0.2, 0) is 11.2 Å². The molecule has 162 valence electrons. The number of nitrogens with zero attached hydrogens (tertiary/aromatic N) is 1. The summed E-state index contributed by atoms with van der Waals surface area (Å²) in [5.74, 6) is 5.07. The molecule has 5 atom stereocenters. The SMILES string of the molecule is C#Cc1ccc(CC(=O)C(C)C2C[C@H]3CC(c4ccnc5ccc(F)cc45)C[C@H]3C2)cc1. The van der Waals surface area contributed by atoms with Crippen molar-refractivity contribution in [3.63, 3.8) is 0 Å². The maximum Gasteiger partial charge on any atom is 0.140 e. The zero-order valence-corrected chi connectivity index (χ0v) is 18.4. The predicted octanol–water partition coefficient (Wildman–Crippen LogP) is 6.32. The highest BCUT2D eigenvalue weighted by molar-refractivity contribution is 5.83. The molecule has 2 aromatic carbocycles. The van der Waals surface area contributed by atoms with Crippen molar-refractivity contribution in [1.29, 1.82) is 0 Å². The fourth-order valence-electron chi connectivity index (χ4n) is 6.17.